The van der Waals surface area contributed by atoms with Gasteiger partial charge in [-0.1, -0.05) is 22.9 Å². The molecule has 1 heterocycles. The number of nitrogens with zero attached hydrogens (tertiary/aromatic N) is 3. The Hall–Kier alpha value is -3.62. The minimum Gasteiger partial charge on any atom is -0.497 e. The lowest BCUT2D eigenvalue weighted by Crippen LogP contribution is -2.30. The number of aromatic nitrogens is 1. The van der Waals surface area contributed by atoms with Crippen LogP contribution in [0, 0.1) is 0 Å². The van der Waals surface area contributed by atoms with E-state index in [9.17, 15) is 4.79 Å². The van der Waals surface area contributed by atoms with Crippen LogP contribution in [0.1, 0.15) is 12.5 Å². The number of hydrogen-bond acceptors (Lipinski definition) is 7. The molecule has 0 aliphatic rings. The topological polar surface area (TPSA) is 73.2 Å². The number of thiazole rings is 1. The Morgan fingerprint density at radius 3 is 2.41 bits per heavy atom. The zero-order chi connectivity index (χ0) is 23.9. The number of amides is 1. The highest BCUT2D eigenvalue weighted by atomic mass is 35.5. The van der Waals surface area contributed by atoms with E-state index < -0.39 is 0 Å². The summed E-state index contributed by atoms with van der Waals surface area (Å²) in [4.78, 5) is 17.7. The van der Waals surface area contributed by atoms with Gasteiger partial charge in [-0.25, -0.2) is 4.98 Å². The van der Waals surface area contributed by atoms with Crippen molar-refractivity contribution >= 4 is 50.4 Å². The number of methoxy groups -OCH3 is 1. The third kappa shape index (κ3) is 5.84. The predicted octanol–water partition coefficient (Wildman–Crippen LogP) is 5.80. The Balaban J connectivity index is 1.59. The monoisotopic (exact) mass is 495 g/mol. The quantitative estimate of drug-likeness (QED) is 0.216. The van der Waals surface area contributed by atoms with Crippen LogP contribution >= 0.6 is 22.9 Å². The Kier molecular flexibility index (Phi) is 7.61. The maximum atomic E-state index is 13.1. The van der Waals surface area contributed by atoms with Crippen molar-refractivity contribution in [2.75, 3.05) is 25.3 Å². The van der Waals surface area contributed by atoms with Gasteiger partial charge in [0.15, 0.2) is 6.61 Å². The molecule has 1 aromatic heterocycles. The molecule has 9 heteroatoms. The van der Waals surface area contributed by atoms with Crippen molar-refractivity contribution in [3.8, 4) is 17.2 Å². The fraction of sp³-hybridized carbons (Fsp3) is 0.160. The Morgan fingerprint density at radius 2 is 1.71 bits per heavy atom. The zero-order valence-electron chi connectivity index (χ0n) is 18.6. The second-order valence-electron chi connectivity index (χ2n) is 7.02. The average Bonchev–Trinajstić information content (AvgIpc) is 3.28. The number of fused-ring (bicyclic) bond motifs is 1. The highest BCUT2D eigenvalue weighted by Crippen LogP contribution is 2.32. The molecule has 7 nitrogen and oxygen atoms in total. The van der Waals surface area contributed by atoms with Crippen LogP contribution in [0.5, 0.6) is 17.2 Å². The molecule has 0 radical (unpaired) electrons. The lowest BCUT2D eigenvalue weighted by Gasteiger charge is -2.14. The summed E-state index contributed by atoms with van der Waals surface area (Å²) in [5, 5.41) is 6.71. The number of anilines is 1. The first-order valence-corrected chi connectivity index (χ1v) is 11.7. The first-order chi connectivity index (χ1) is 16.6. The van der Waals surface area contributed by atoms with Crippen molar-refractivity contribution < 1.29 is 19.0 Å². The van der Waals surface area contributed by atoms with Crippen LogP contribution in [-0.2, 0) is 4.79 Å². The minimum atomic E-state index is -0.372. The molecule has 34 heavy (non-hydrogen) atoms. The normalized spacial score (nSPS) is 11.0. The molecule has 1 amide bonds. The summed E-state index contributed by atoms with van der Waals surface area (Å²) in [7, 11) is 1.61. The van der Waals surface area contributed by atoms with Crippen molar-refractivity contribution in [1.82, 2.24) is 4.98 Å². The van der Waals surface area contributed by atoms with Gasteiger partial charge in [-0.2, -0.15) is 10.1 Å². The second-order valence-corrected chi connectivity index (χ2v) is 8.47. The van der Waals surface area contributed by atoms with Gasteiger partial charge in [0.25, 0.3) is 5.91 Å². The molecule has 0 saturated carbocycles. The number of carbonyl (C=O) groups is 1. The van der Waals surface area contributed by atoms with Gasteiger partial charge in [0, 0.05) is 5.02 Å². The minimum absolute atomic E-state index is 0.221. The SMILES string of the molecule is CCOc1ccc(/C=N/N(C(=O)COc2ccc(Cl)cc2)c2nc3ccc(OC)cc3s2)cc1. The molecule has 4 rings (SSSR count). The first kappa shape index (κ1) is 23.5. The maximum Gasteiger partial charge on any atom is 0.287 e. The molecule has 0 aliphatic carbocycles. The van der Waals surface area contributed by atoms with E-state index in [0.29, 0.717) is 28.3 Å². The molecule has 0 bridgehead atoms. The molecule has 0 N–H and O–H groups in total. The van der Waals surface area contributed by atoms with Crippen LogP contribution in [0.25, 0.3) is 10.2 Å². The smallest absolute Gasteiger partial charge is 0.287 e. The van der Waals surface area contributed by atoms with Crippen molar-refractivity contribution in [3.05, 3.63) is 77.3 Å². The number of ether oxygens (including phenoxy) is 3. The molecule has 0 spiro atoms. The van der Waals surface area contributed by atoms with E-state index in [-0.39, 0.29) is 12.5 Å². The van der Waals surface area contributed by atoms with Gasteiger partial charge in [-0.05, 0) is 79.2 Å². The lowest BCUT2D eigenvalue weighted by atomic mass is 10.2. The number of benzene rings is 3. The summed E-state index contributed by atoms with van der Waals surface area (Å²) in [6.07, 6.45) is 1.60. The van der Waals surface area contributed by atoms with E-state index >= 15 is 0 Å². The van der Waals surface area contributed by atoms with Crippen LogP contribution in [0.2, 0.25) is 5.02 Å². The van der Waals surface area contributed by atoms with E-state index in [1.165, 1.54) is 16.3 Å². The highest BCUT2D eigenvalue weighted by molar-refractivity contribution is 7.22. The largest absolute Gasteiger partial charge is 0.497 e. The molecule has 4 aromatic rings. The van der Waals surface area contributed by atoms with E-state index in [1.54, 1.807) is 37.6 Å². The maximum absolute atomic E-state index is 13.1. The summed E-state index contributed by atoms with van der Waals surface area (Å²) in [6.45, 7) is 2.30. The second kappa shape index (κ2) is 11.0. The van der Waals surface area contributed by atoms with Gasteiger partial charge in [-0.15, -0.1) is 0 Å². The van der Waals surface area contributed by atoms with Gasteiger partial charge < -0.3 is 14.2 Å². The third-order valence-corrected chi connectivity index (χ3v) is 5.94. The van der Waals surface area contributed by atoms with Gasteiger partial charge >= 0.3 is 0 Å². The van der Waals surface area contributed by atoms with E-state index in [2.05, 4.69) is 10.1 Å². The first-order valence-electron chi connectivity index (χ1n) is 10.5. The summed E-state index contributed by atoms with van der Waals surface area (Å²) >= 11 is 7.26. The van der Waals surface area contributed by atoms with Crippen LogP contribution < -0.4 is 19.2 Å². The number of rotatable bonds is 9. The van der Waals surface area contributed by atoms with Crippen molar-refractivity contribution in [2.24, 2.45) is 5.10 Å². The van der Waals surface area contributed by atoms with Crippen molar-refractivity contribution in [1.29, 1.82) is 0 Å². The molecular weight excluding hydrogens is 474 g/mol. The summed E-state index contributed by atoms with van der Waals surface area (Å²) in [5.74, 6) is 1.64. The molecule has 3 aromatic carbocycles. The molecule has 0 saturated heterocycles. The van der Waals surface area contributed by atoms with E-state index in [1.807, 2.05) is 49.4 Å². The summed E-state index contributed by atoms with van der Waals surface area (Å²) < 4.78 is 17.3. The van der Waals surface area contributed by atoms with Gasteiger partial charge in [0.05, 0.1) is 30.1 Å². The summed E-state index contributed by atoms with van der Waals surface area (Å²) in [5.41, 5.74) is 1.55. The Labute approximate surface area is 206 Å². The third-order valence-electron chi connectivity index (χ3n) is 4.69. The van der Waals surface area contributed by atoms with Crippen molar-refractivity contribution in [2.45, 2.75) is 6.92 Å². The van der Waals surface area contributed by atoms with Gasteiger partial charge in [0.1, 0.15) is 17.2 Å². The van der Waals surface area contributed by atoms with Crippen LogP contribution in [-0.4, -0.2) is 37.4 Å². The highest BCUT2D eigenvalue weighted by Gasteiger charge is 2.20. The van der Waals surface area contributed by atoms with Crippen LogP contribution in [0.3, 0.4) is 0 Å². The number of hydrogen-bond donors (Lipinski definition) is 0. The van der Waals surface area contributed by atoms with Gasteiger partial charge in [-0.3, -0.25) is 4.79 Å². The van der Waals surface area contributed by atoms with Crippen LogP contribution in [0.15, 0.2) is 71.8 Å². The fourth-order valence-electron chi connectivity index (χ4n) is 3.01. The van der Waals surface area contributed by atoms with E-state index in [0.717, 1.165) is 21.5 Å². The summed E-state index contributed by atoms with van der Waals surface area (Å²) in [6, 6.07) is 19.8. The molecule has 0 atom stereocenters. The fourth-order valence-corrected chi connectivity index (χ4v) is 4.10. The predicted molar refractivity (Wildman–Crippen MR) is 136 cm³/mol. The van der Waals surface area contributed by atoms with E-state index in [4.69, 9.17) is 25.8 Å². The standard InChI is InChI=1S/C25H22ClN3O4S/c1-3-32-19-8-4-17(5-9-19)15-27-29(24(30)16-33-20-10-6-18(26)7-11-20)25-28-22-13-12-21(31-2)14-23(22)34-25/h4-15H,3,16H2,1-2H3/b27-15+. The number of hydrazone groups is 1. The zero-order valence-corrected chi connectivity index (χ0v) is 20.2. The Morgan fingerprint density at radius 1 is 1.03 bits per heavy atom. The molecule has 0 unspecified atom stereocenters. The van der Waals surface area contributed by atoms with Gasteiger partial charge in [0.2, 0.25) is 5.13 Å². The molecule has 174 valence electrons. The average molecular weight is 496 g/mol. The molecular formula is C25H22ClN3O4S. The number of halogens is 1. The lowest BCUT2D eigenvalue weighted by molar-refractivity contribution is -0.120. The van der Waals surface area contributed by atoms with Crippen molar-refractivity contribution in [3.63, 3.8) is 0 Å². The molecule has 0 aliphatic heterocycles. The Bertz CT molecular complexity index is 1290. The molecule has 0 fully saturated rings. The number of carbonyl (C=O) groups excluding carboxylic acids is 1. The van der Waals surface area contributed by atoms with Crippen LogP contribution in [0.4, 0.5) is 5.13 Å².